The third kappa shape index (κ3) is 2.30. The van der Waals surface area contributed by atoms with Crippen LogP contribution in [0.25, 0.3) is 0 Å². The van der Waals surface area contributed by atoms with Crippen molar-refractivity contribution in [3.8, 4) is 0 Å². The number of ether oxygens (including phenoxy) is 1. The predicted octanol–water partition coefficient (Wildman–Crippen LogP) is 2.69. The van der Waals surface area contributed by atoms with Crippen LogP contribution >= 0.6 is 0 Å². The molecular formula is C13H17N3O. The van der Waals surface area contributed by atoms with Crippen LogP contribution in [0.1, 0.15) is 30.0 Å². The van der Waals surface area contributed by atoms with Gasteiger partial charge in [0.1, 0.15) is 0 Å². The molecule has 2 rings (SSSR count). The summed E-state index contributed by atoms with van der Waals surface area (Å²) in [5.41, 5.74) is 4.09. The standard InChI is InChI=1S/C13H17N3O/c1-8-5-6-11-10(4-3-7-16-11)12(8)13(15)17-9(2)14/h5-6,14-16H,3-4,7H2,1-2H3. The fourth-order valence-electron chi connectivity index (χ4n) is 2.20. The lowest BCUT2D eigenvalue weighted by Gasteiger charge is -2.22. The first-order chi connectivity index (χ1) is 8.09. The lowest BCUT2D eigenvalue weighted by atomic mass is 9.94. The minimum atomic E-state index is 0.0516. The molecule has 4 heteroatoms. The molecule has 17 heavy (non-hydrogen) atoms. The maximum Gasteiger partial charge on any atom is 0.221 e. The second-order valence-corrected chi connectivity index (χ2v) is 4.30. The Hall–Kier alpha value is -1.84. The minimum Gasteiger partial charge on any atom is -0.426 e. The van der Waals surface area contributed by atoms with Crippen molar-refractivity contribution in [2.24, 2.45) is 0 Å². The molecule has 0 radical (unpaired) electrons. The highest BCUT2D eigenvalue weighted by molar-refractivity contribution is 6.01. The molecule has 0 aliphatic carbocycles. The van der Waals surface area contributed by atoms with Crippen LogP contribution in [0.4, 0.5) is 5.69 Å². The predicted molar refractivity (Wildman–Crippen MR) is 69.3 cm³/mol. The first kappa shape index (κ1) is 11.6. The molecule has 3 N–H and O–H groups in total. The molecule has 4 nitrogen and oxygen atoms in total. The van der Waals surface area contributed by atoms with Crippen LogP contribution in [0.5, 0.6) is 0 Å². The van der Waals surface area contributed by atoms with Gasteiger partial charge in [-0.15, -0.1) is 0 Å². The van der Waals surface area contributed by atoms with Crippen molar-refractivity contribution in [2.75, 3.05) is 11.9 Å². The molecule has 1 aromatic rings. The lowest BCUT2D eigenvalue weighted by Crippen LogP contribution is -2.19. The molecule has 90 valence electrons. The monoisotopic (exact) mass is 231 g/mol. The molecule has 0 bridgehead atoms. The molecule has 0 aromatic heterocycles. The van der Waals surface area contributed by atoms with Gasteiger partial charge in [0.05, 0.1) is 0 Å². The average molecular weight is 231 g/mol. The molecule has 1 aromatic carbocycles. The van der Waals surface area contributed by atoms with Gasteiger partial charge in [-0.25, -0.2) is 0 Å². The second-order valence-electron chi connectivity index (χ2n) is 4.30. The summed E-state index contributed by atoms with van der Waals surface area (Å²) in [6, 6.07) is 4.04. The number of aryl methyl sites for hydroxylation is 1. The van der Waals surface area contributed by atoms with Gasteiger partial charge in [-0.3, -0.25) is 10.8 Å². The molecule has 1 aliphatic rings. The maximum absolute atomic E-state index is 7.95. The van der Waals surface area contributed by atoms with E-state index in [9.17, 15) is 0 Å². The van der Waals surface area contributed by atoms with Crippen molar-refractivity contribution in [1.29, 1.82) is 10.8 Å². The van der Waals surface area contributed by atoms with E-state index >= 15 is 0 Å². The highest BCUT2D eigenvalue weighted by Gasteiger charge is 2.19. The summed E-state index contributed by atoms with van der Waals surface area (Å²) in [5.74, 6) is 0.131. The van der Waals surface area contributed by atoms with Gasteiger partial charge in [-0.05, 0) is 37.0 Å². The van der Waals surface area contributed by atoms with E-state index in [-0.39, 0.29) is 11.8 Å². The van der Waals surface area contributed by atoms with Gasteiger partial charge in [0.25, 0.3) is 0 Å². The van der Waals surface area contributed by atoms with E-state index in [4.69, 9.17) is 15.6 Å². The van der Waals surface area contributed by atoms with E-state index in [1.54, 1.807) is 0 Å². The quantitative estimate of drug-likeness (QED) is 0.513. The van der Waals surface area contributed by atoms with Crippen LogP contribution in [0, 0.1) is 17.7 Å². The molecule has 0 saturated heterocycles. The van der Waals surface area contributed by atoms with Crippen LogP contribution in [0.3, 0.4) is 0 Å². The summed E-state index contributed by atoms with van der Waals surface area (Å²) in [6.45, 7) is 4.49. The summed E-state index contributed by atoms with van der Waals surface area (Å²) in [7, 11) is 0. The Bertz CT molecular complexity index is 480. The van der Waals surface area contributed by atoms with Gasteiger partial charge in [-0.2, -0.15) is 0 Å². The Morgan fingerprint density at radius 2 is 2.12 bits per heavy atom. The van der Waals surface area contributed by atoms with Gasteiger partial charge < -0.3 is 10.1 Å². The number of fused-ring (bicyclic) bond motifs is 1. The van der Waals surface area contributed by atoms with Gasteiger partial charge in [0, 0.05) is 24.7 Å². The molecule has 1 heterocycles. The molecule has 0 amide bonds. The van der Waals surface area contributed by atoms with Crippen LogP contribution in [-0.4, -0.2) is 18.3 Å². The number of nitrogens with one attached hydrogen (secondary N) is 3. The molecule has 0 spiro atoms. The fourth-order valence-corrected chi connectivity index (χ4v) is 2.20. The van der Waals surface area contributed by atoms with E-state index in [0.29, 0.717) is 0 Å². The van der Waals surface area contributed by atoms with E-state index in [1.807, 2.05) is 13.0 Å². The van der Waals surface area contributed by atoms with Crippen molar-refractivity contribution in [3.63, 3.8) is 0 Å². The van der Waals surface area contributed by atoms with E-state index in [0.717, 1.165) is 41.8 Å². The van der Waals surface area contributed by atoms with Crippen LogP contribution in [0.2, 0.25) is 0 Å². The van der Waals surface area contributed by atoms with Gasteiger partial charge in [0.2, 0.25) is 5.90 Å². The Morgan fingerprint density at radius 3 is 2.82 bits per heavy atom. The zero-order chi connectivity index (χ0) is 12.4. The van der Waals surface area contributed by atoms with Gasteiger partial charge in [0.15, 0.2) is 5.90 Å². The van der Waals surface area contributed by atoms with E-state index < -0.39 is 0 Å². The zero-order valence-electron chi connectivity index (χ0n) is 10.2. The normalized spacial score (nSPS) is 13.5. The van der Waals surface area contributed by atoms with Crippen molar-refractivity contribution in [2.45, 2.75) is 26.7 Å². The fraction of sp³-hybridized carbons (Fsp3) is 0.385. The second kappa shape index (κ2) is 4.57. The number of hydrogen-bond acceptors (Lipinski definition) is 4. The van der Waals surface area contributed by atoms with Crippen LogP contribution in [0.15, 0.2) is 12.1 Å². The smallest absolute Gasteiger partial charge is 0.221 e. The first-order valence-electron chi connectivity index (χ1n) is 5.78. The summed E-state index contributed by atoms with van der Waals surface area (Å²) < 4.78 is 5.12. The van der Waals surface area contributed by atoms with Crippen molar-refractivity contribution in [3.05, 3.63) is 28.8 Å². The molecule has 0 atom stereocenters. The Morgan fingerprint density at radius 1 is 1.35 bits per heavy atom. The molecule has 1 aliphatic heterocycles. The summed E-state index contributed by atoms with van der Waals surface area (Å²) in [6.07, 6.45) is 2.03. The highest BCUT2D eigenvalue weighted by atomic mass is 16.5. The summed E-state index contributed by atoms with van der Waals surface area (Å²) in [4.78, 5) is 0. The molecule has 0 saturated carbocycles. The van der Waals surface area contributed by atoms with Crippen molar-refractivity contribution in [1.82, 2.24) is 0 Å². The Labute approximate surface area is 101 Å². The third-order valence-corrected chi connectivity index (χ3v) is 2.92. The zero-order valence-corrected chi connectivity index (χ0v) is 10.2. The van der Waals surface area contributed by atoms with E-state index in [1.165, 1.54) is 6.92 Å². The summed E-state index contributed by atoms with van der Waals surface area (Å²) >= 11 is 0. The molecular weight excluding hydrogens is 214 g/mol. The van der Waals surface area contributed by atoms with E-state index in [2.05, 4.69) is 11.4 Å². The number of hydrogen-bond donors (Lipinski definition) is 3. The van der Waals surface area contributed by atoms with Crippen molar-refractivity contribution >= 4 is 17.5 Å². The van der Waals surface area contributed by atoms with Gasteiger partial charge in [-0.1, -0.05) is 6.07 Å². The minimum absolute atomic E-state index is 0.0516. The van der Waals surface area contributed by atoms with Crippen molar-refractivity contribution < 1.29 is 4.74 Å². The Balaban J connectivity index is 2.44. The first-order valence-corrected chi connectivity index (χ1v) is 5.78. The number of rotatable bonds is 1. The number of benzene rings is 1. The Kier molecular flexibility index (Phi) is 3.13. The largest absolute Gasteiger partial charge is 0.426 e. The highest BCUT2D eigenvalue weighted by Crippen LogP contribution is 2.28. The molecule has 0 unspecified atom stereocenters. The maximum atomic E-state index is 7.95. The SMILES string of the molecule is CC(=N)OC(=N)c1c(C)ccc2c1CCCN2. The third-order valence-electron chi connectivity index (χ3n) is 2.92. The van der Waals surface area contributed by atoms with Gasteiger partial charge >= 0.3 is 0 Å². The van der Waals surface area contributed by atoms with Crippen LogP contribution in [-0.2, 0) is 11.2 Å². The average Bonchev–Trinajstić information content (AvgIpc) is 2.27. The molecule has 0 fully saturated rings. The lowest BCUT2D eigenvalue weighted by molar-refractivity contribution is 0.530. The van der Waals surface area contributed by atoms with Crippen LogP contribution < -0.4 is 5.32 Å². The summed E-state index contributed by atoms with van der Waals surface area (Å²) in [5, 5.41) is 18.6. The topological polar surface area (TPSA) is 69.0 Å². The number of anilines is 1.